The molecule has 0 rings (SSSR count). The van der Waals surface area contributed by atoms with Gasteiger partial charge >= 0.3 is 0 Å². The van der Waals surface area contributed by atoms with Gasteiger partial charge in [-0.2, -0.15) is 0 Å². The van der Waals surface area contributed by atoms with Gasteiger partial charge in [0, 0.05) is 12.5 Å². The molecule has 0 bridgehead atoms. The summed E-state index contributed by atoms with van der Waals surface area (Å²) in [6.07, 6.45) is 6.84. The van der Waals surface area contributed by atoms with E-state index in [9.17, 15) is 4.79 Å². The molecule has 16 heavy (non-hydrogen) atoms. The number of amides is 1. The first-order chi connectivity index (χ1) is 7.60. The average molecular weight is 228 g/mol. The fraction of sp³-hybridized carbons (Fsp3) is 0.923. The first kappa shape index (κ1) is 15.4. The number of hydrogen-bond donors (Lipinski definition) is 2. The SMILES string of the molecule is CCCCC(CC)CCNC(C)CC(N)=O. The number of rotatable bonds is 10. The second-order valence-corrected chi connectivity index (χ2v) is 4.73. The number of hydrogen-bond acceptors (Lipinski definition) is 2. The summed E-state index contributed by atoms with van der Waals surface area (Å²) in [5.41, 5.74) is 5.14. The third kappa shape index (κ3) is 8.72. The highest BCUT2D eigenvalue weighted by molar-refractivity contribution is 5.74. The molecule has 2 atom stereocenters. The van der Waals surface area contributed by atoms with Crippen LogP contribution in [0.25, 0.3) is 0 Å². The standard InChI is InChI=1S/C13H28N2O/c1-4-6-7-12(5-2)8-9-15-11(3)10-13(14)16/h11-12,15H,4-10H2,1-3H3,(H2,14,16). The summed E-state index contributed by atoms with van der Waals surface area (Å²) >= 11 is 0. The maximum absolute atomic E-state index is 10.7. The molecule has 3 heteroatoms. The average Bonchev–Trinajstić information content (AvgIpc) is 2.22. The van der Waals surface area contributed by atoms with Gasteiger partial charge in [0.1, 0.15) is 0 Å². The molecule has 0 aromatic carbocycles. The van der Waals surface area contributed by atoms with Crippen LogP contribution in [0.2, 0.25) is 0 Å². The van der Waals surface area contributed by atoms with Crippen LogP contribution in [0.5, 0.6) is 0 Å². The second-order valence-electron chi connectivity index (χ2n) is 4.73. The fourth-order valence-corrected chi connectivity index (χ4v) is 1.95. The summed E-state index contributed by atoms with van der Waals surface area (Å²) in [6, 6.07) is 0.209. The molecule has 0 aromatic rings. The smallest absolute Gasteiger partial charge is 0.218 e. The van der Waals surface area contributed by atoms with Crippen LogP contribution >= 0.6 is 0 Å². The van der Waals surface area contributed by atoms with Gasteiger partial charge in [0.25, 0.3) is 0 Å². The second kappa shape index (κ2) is 9.64. The maximum atomic E-state index is 10.7. The summed E-state index contributed by atoms with van der Waals surface area (Å²) in [5.74, 6) is 0.603. The van der Waals surface area contributed by atoms with Crippen molar-refractivity contribution in [2.75, 3.05) is 6.54 Å². The van der Waals surface area contributed by atoms with E-state index in [0.717, 1.165) is 12.5 Å². The lowest BCUT2D eigenvalue weighted by Crippen LogP contribution is -2.32. The Morgan fingerprint density at radius 3 is 2.50 bits per heavy atom. The summed E-state index contributed by atoms with van der Waals surface area (Å²) in [4.78, 5) is 10.7. The fourth-order valence-electron chi connectivity index (χ4n) is 1.95. The quantitative estimate of drug-likeness (QED) is 0.603. The van der Waals surface area contributed by atoms with Crippen molar-refractivity contribution in [1.29, 1.82) is 0 Å². The molecule has 0 heterocycles. The van der Waals surface area contributed by atoms with Crippen LogP contribution in [0.4, 0.5) is 0 Å². The van der Waals surface area contributed by atoms with Crippen molar-refractivity contribution < 1.29 is 4.79 Å². The number of nitrogens with two attached hydrogens (primary N) is 1. The van der Waals surface area contributed by atoms with Gasteiger partial charge in [-0.1, -0.05) is 39.5 Å². The number of carbonyl (C=O) groups excluding carboxylic acids is 1. The largest absolute Gasteiger partial charge is 0.370 e. The van der Waals surface area contributed by atoms with Gasteiger partial charge in [-0.3, -0.25) is 4.79 Å². The maximum Gasteiger partial charge on any atom is 0.218 e. The Labute approximate surface area is 100 Å². The molecule has 0 saturated carbocycles. The lowest BCUT2D eigenvalue weighted by molar-refractivity contribution is -0.118. The van der Waals surface area contributed by atoms with E-state index < -0.39 is 0 Å². The molecule has 0 saturated heterocycles. The Kier molecular flexibility index (Phi) is 9.30. The van der Waals surface area contributed by atoms with Crippen molar-refractivity contribution in [2.45, 2.75) is 65.3 Å². The molecule has 0 aromatic heterocycles. The number of nitrogens with one attached hydrogen (secondary N) is 1. The Morgan fingerprint density at radius 2 is 2.00 bits per heavy atom. The monoisotopic (exact) mass is 228 g/mol. The van der Waals surface area contributed by atoms with Gasteiger partial charge in [-0.05, 0) is 25.8 Å². The zero-order valence-corrected chi connectivity index (χ0v) is 11.1. The van der Waals surface area contributed by atoms with Crippen LogP contribution in [0.15, 0.2) is 0 Å². The lowest BCUT2D eigenvalue weighted by Gasteiger charge is -2.17. The van der Waals surface area contributed by atoms with E-state index in [0.29, 0.717) is 6.42 Å². The molecule has 2 unspecified atom stereocenters. The van der Waals surface area contributed by atoms with Crippen LogP contribution in [-0.2, 0) is 4.79 Å². The first-order valence-corrected chi connectivity index (χ1v) is 6.61. The number of primary amides is 1. The van der Waals surface area contributed by atoms with E-state index in [1.807, 2.05) is 6.92 Å². The minimum absolute atomic E-state index is 0.209. The molecule has 3 nitrogen and oxygen atoms in total. The van der Waals surface area contributed by atoms with Gasteiger partial charge in [0.15, 0.2) is 0 Å². The molecular weight excluding hydrogens is 200 g/mol. The summed E-state index contributed by atoms with van der Waals surface area (Å²) in [6.45, 7) is 7.50. The lowest BCUT2D eigenvalue weighted by atomic mass is 9.96. The van der Waals surface area contributed by atoms with Crippen molar-refractivity contribution in [3.8, 4) is 0 Å². The predicted molar refractivity (Wildman–Crippen MR) is 69.2 cm³/mol. The molecule has 0 spiro atoms. The third-order valence-electron chi connectivity index (χ3n) is 3.10. The molecule has 0 radical (unpaired) electrons. The van der Waals surface area contributed by atoms with Crippen molar-refractivity contribution in [3.63, 3.8) is 0 Å². The first-order valence-electron chi connectivity index (χ1n) is 6.61. The summed E-state index contributed by atoms with van der Waals surface area (Å²) in [5, 5.41) is 3.35. The molecule has 0 aliphatic rings. The van der Waals surface area contributed by atoms with Gasteiger partial charge in [0.2, 0.25) is 5.91 Å². The molecule has 0 fully saturated rings. The molecule has 0 aliphatic carbocycles. The van der Waals surface area contributed by atoms with E-state index >= 15 is 0 Å². The van der Waals surface area contributed by atoms with Crippen LogP contribution < -0.4 is 11.1 Å². The van der Waals surface area contributed by atoms with Crippen molar-refractivity contribution >= 4 is 5.91 Å². The highest BCUT2D eigenvalue weighted by atomic mass is 16.1. The van der Waals surface area contributed by atoms with Crippen molar-refractivity contribution in [3.05, 3.63) is 0 Å². The van der Waals surface area contributed by atoms with E-state index in [4.69, 9.17) is 5.73 Å². The molecular formula is C13H28N2O. The third-order valence-corrected chi connectivity index (χ3v) is 3.10. The Hall–Kier alpha value is -0.570. The zero-order chi connectivity index (χ0) is 12.4. The van der Waals surface area contributed by atoms with E-state index in [2.05, 4.69) is 19.2 Å². The van der Waals surface area contributed by atoms with Gasteiger partial charge in [-0.15, -0.1) is 0 Å². The summed E-state index contributed by atoms with van der Waals surface area (Å²) < 4.78 is 0. The number of unbranched alkanes of at least 4 members (excludes halogenated alkanes) is 1. The van der Waals surface area contributed by atoms with Crippen molar-refractivity contribution in [1.82, 2.24) is 5.32 Å². The van der Waals surface area contributed by atoms with Gasteiger partial charge in [0.05, 0.1) is 0 Å². The minimum Gasteiger partial charge on any atom is -0.370 e. The predicted octanol–water partition coefficient (Wildman–Crippen LogP) is 2.45. The molecule has 0 aliphatic heterocycles. The zero-order valence-electron chi connectivity index (χ0n) is 11.1. The van der Waals surface area contributed by atoms with Crippen LogP contribution in [-0.4, -0.2) is 18.5 Å². The molecule has 96 valence electrons. The van der Waals surface area contributed by atoms with Crippen molar-refractivity contribution in [2.24, 2.45) is 11.7 Å². The normalized spacial score (nSPS) is 14.7. The Bertz CT molecular complexity index is 183. The highest BCUT2D eigenvalue weighted by Gasteiger charge is 2.08. The van der Waals surface area contributed by atoms with E-state index in [-0.39, 0.29) is 11.9 Å². The minimum atomic E-state index is -0.224. The van der Waals surface area contributed by atoms with Crippen LogP contribution in [0.3, 0.4) is 0 Å². The molecule has 3 N–H and O–H groups in total. The van der Waals surface area contributed by atoms with Gasteiger partial charge < -0.3 is 11.1 Å². The molecule has 1 amide bonds. The Morgan fingerprint density at radius 1 is 1.31 bits per heavy atom. The van der Waals surface area contributed by atoms with Crippen LogP contribution in [0, 0.1) is 5.92 Å². The summed E-state index contributed by atoms with van der Waals surface area (Å²) in [7, 11) is 0. The van der Waals surface area contributed by atoms with E-state index in [1.54, 1.807) is 0 Å². The topological polar surface area (TPSA) is 55.1 Å². The Balaban J connectivity index is 3.56. The highest BCUT2D eigenvalue weighted by Crippen LogP contribution is 2.15. The van der Waals surface area contributed by atoms with Crippen LogP contribution in [0.1, 0.15) is 59.3 Å². The number of carbonyl (C=O) groups is 1. The van der Waals surface area contributed by atoms with Gasteiger partial charge in [-0.25, -0.2) is 0 Å². The van der Waals surface area contributed by atoms with E-state index in [1.165, 1.54) is 32.1 Å².